The zero-order chi connectivity index (χ0) is 23.2. The molecule has 1 unspecified atom stereocenters. The molecule has 4 rings (SSSR count). The summed E-state index contributed by atoms with van der Waals surface area (Å²) < 4.78 is 1.79. The fraction of sp³-hybridized carbons (Fsp3) is 0.222. The molecule has 0 saturated heterocycles. The number of benzene rings is 2. The number of rotatable bonds is 8. The lowest BCUT2D eigenvalue weighted by molar-refractivity contribution is 0.0724. The van der Waals surface area contributed by atoms with Crippen molar-refractivity contribution in [3.8, 4) is 0 Å². The van der Waals surface area contributed by atoms with Crippen molar-refractivity contribution in [2.75, 3.05) is 13.6 Å². The number of fused-ring (bicyclic) bond motifs is 1. The molecule has 0 radical (unpaired) electrons. The molecule has 168 valence electrons. The van der Waals surface area contributed by atoms with Crippen molar-refractivity contribution in [3.05, 3.63) is 102 Å². The molecule has 2 aromatic carbocycles. The SMILES string of the molecule is CN(C(=O)c1cccc2cccnc12)C(CCNC(=O)c1cccn1C)Cc1ccccc1. The van der Waals surface area contributed by atoms with Crippen molar-refractivity contribution in [1.82, 2.24) is 19.8 Å². The molecule has 33 heavy (non-hydrogen) atoms. The number of pyridine rings is 1. The highest BCUT2D eigenvalue weighted by atomic mass is 16.2. The summed E-state index contributed by atoms with van der Waals surface area (Å²) in [5.74, 6) is -0.192. The van der Waals surface area contributed by atoms with Crippen LogP contribution in [0.5, 0.6) is 0 Å². The van der Waals surface area contributed by atoms with Crippen molar-refractivity contribution in [2.45, 2.75) is 18.9 Å². The van der Waals surface area contributed by atoms with E-state index in [9.17, 15) is 9.59 Å². The van der Waals surface area contributed by atoms with Crippen molar-refractivity contribution in [2.24, 2.45) is 7.05 Å². The highest BCUT2D eigenvalue weighted by molar-refractivity contribution is 6.05. The number of aryl methyl sites for hydroxylation is 1. The van der Waals surface area contributed by atoms with Crippen LogP contribution in [0.3, 0.4) is 0 Å². The minimum atomic E-state index is -0.117. The summed E-state index contributed by atoms with van der Waals surface area (Å²) in [7, 11) is 3.68. The van der Waals surface area contributed by atoms with Gasteiger partial charge in [-0.25, -0.2) is 0 Å². The first-order chi connectivity index (χ1) is 16.0. The van der Waals surface area contributed by atoms with Gasteiger partial charge in [0.2, 0.25) is 0 Å². The highest BCUT2D eigenvalue weighted by Crippen LogP contribution is 2.20. The molecule has 6 nitrogen and oxygen atoms in total. The molecule has 2 amide bonds. The Morgan fingerprint density at radius 2 is 1.79 bits per heavy atom. The predicted molar refractivity (Wildman–Crippen MR) is 130 cm³/mol. The maximum absolute atomic E-state index is 13.5. The third-order valence-electron chi connectivity index (χ3n) is 5.98. The maximum atomic E-state index is 13.5. The monoisotopic (exact) mass is 440 g/mol. The molecule has 2 heterocycles. The van der Waals surface area contributed by atoms with E-state index in [2.05, 4.69) is 22.4 Å². The van der Waals surface area contributed by atoms with E-state index in [0.717, 1.165) is 10.9 Å². The fourth-order valence-corrected chi connectivity index (χ4v) is 4.09. The smallest absolute Gasteiger partial charge is 0.267 e. The summed E-state index contributed by atoms with van der Waals surface area (Å²) in [6.45, 7) is 0.465. The first-order valence-electron chi connectivity index (χ1n) is 11.1. The van der Waals surface area contributed by atoms with E-state index in [1.54, 1.807) is 21.7 Å². The van der Waals surface area contributed by atoms with Gasteiger partial charge in [0.05, 0.1) is 11.1 Å². The molecule has 1 N–H and O–H groups in total. The average molecular weight is 441 g/mol. The zero-order valence-electron chi connectivity index (χ0n) is 18.9. The molecular formula is C27H28N4O2. The van der Waals surface area contributed by atoms with Gasteiger partial charge in [0.15, 0.2) is 0 Å². The van der Waals surface area contributed by atoms with Gasteiger partial charge in [0.1, 0.15) is 5.69 Å². The number of nitrogens with zero attached hydrogens (tertiary/aromatic N) is 3. The lowest BCUT2D eigenvalue weighted by Crippen LogP contribution is -2.41. The molecule has 0 saturated carbocycles. The van der Waals surface area contributed by atoms with Crippen LogP contribution in [0.15, 0.2) is 85.2 Å². The number of para-hydroxylation sites is 1. The third kappa shape index (κ3) is 5.12. The molecule has 0 aliphatic carbocycles. The predicted octanol–water partition coefficient (Wildman–Crippen LogP) is 4.08. The fourth-order valence-electron chi connectivity index (χ4n) is 4.09. The number of aromatic nitrogens is 2. The first-order valence-corrected chi connectivity index (χ1v) is 11.1. The topological polar surface area (TPSA) is 67.2 Å². The van der Waals surface area contributed by atoms with Gasteiger partial charge in [-0.2, -0.15) is 0 Å². The average Bonchev–Trinajstić information content (AvgIpc) is 3.28. The molecule has 2 aromatic heterocycles. The number of likely N-dealkylation sites (N-methyl/N-ethyl adjacent to an activating group) is 1. The number of hydrogen-bond donors (Lipinski definition) is 1. The van der Waals surface area contributed by atoms with Crippen LogP contribution in [0.25, 0.3) is 10.9 Å². The van der Waals surface area contributed by atoms with Crippen molar-refractivity contribution in [1.29, 1.82) is 0 Å². The molecule has 6 heteroatoms. The van der Waals surface area contributed by atoms with Crippen LogP contribution >= 0.6 is 0 Å². The van der Waals surface area contributed by atoms with Crippen molar-refractivity contribution >= 4 is 22.7 Å². The van der Waals surface area contributed by atoms with Crippen LogP contribution < -0.4 is 5.32 Å². The lowest BCUT2D eigenvalue weighted by atomic mass is 10.0. The van der Waals surface area contributed by atoms with Crippen LogP contribution in [0.1, 0.15) is 32.8 Å². The standard InChI is InChI=1S/C27H28N4O2/c1-30-18-8-14-24(30)26(32)29-17-15-22(19-20-9-4-3-5-10-20)31(2)27(33)23-13-6-11-21-12-7-16-28-25(21)23/h3-14,16,18,22H,15,17,19H2,1-2H3,(H,29,32). The van der Waals surface area contributed by atoms with Crippen molar-refractivity contribution in [3.63, 3.8) is 0 Å². The van der Waals surface area contributed by atoms with Gasteiger partial charge >= 0.3 is 0 Å². The second-order valence-corrected chi connectivity index (χ2v) is 8.19. The number of carbonyl (C=O) groups excluding carboxylic acids is 2. The Kier molecular flexibility index (Phi) is 6.83. The van der Waals surface area contributed by atoms with Crippen LogP contribution in [0.4, 0.5) is 0 Å². The van der Waals surface area contributed by atoms with Gasteiger partial charge in [-0.1, -0.05) is 48.5 Å². The van der Waals surface area contributed by atoms with E-state index in [4.69, 9.17) is 0 Å². The normalized spacial score (nSPS) is 11.8. The molecule has 0 aliphatic rings. The van der Waals surface area contributed by atoms with Gasteiger partial charge in [-0.05, 0) is 42.7 Å². The van der Waals surface area contributed by atoms with Gasteiger partial charge in [0, 0.05) is 44.5 Å². The summed E-state index contributed by atoms with van der Waals surface area (Å²) in [4.78, 5) is 32.3. The van der Waals surface area contributed by atoms with Crippen LogP contribution in [-0.2, 0) is 13.5 Å². The van der Waals surface area contributed by atoms with Crippen LogP contribution in [-0.4, -0.2) is 45.9 Å². The Balaban J connectivity index is 1.52. The summed E-state index contributed by atoms with van der Waals surface area (Å²) in [6, 6.07) is 23.1. The molecule has 0 bridgehead atoms. The minimum Gasteiger partial charge on any atom is -0.351 e. The molecule has 4 aromatic rings. The maximum Gasteiger partial charge on any atom is 0.267 e. The largest absolute Gasteiger partial charge is 0.351 e. The second-order valence-electron chi connectivity index (χ2n) is 8.19. The Morgan fingerprint density at radius 1 is 1.00 bits per heavy atom. The van der Waals surface area contributed by atoms with E-state index < -0.39 is 0 Å². The van der Waals surface area contributed by atoms with E-state index in [1.807, 2.05) is 74.9 Å². The summed E-state index contributed by atoms with van der Waals surface area (Å²) in [6.07, 6.45) is 4.88. The molecule has 0 aliphatic heterocycles. The van der Waals surface area contributed by atoms with Crippen molar-refractivity contribution < 1.29 is 9.59 Å². The molecule has 0 spiro atoms. The molecule has 0 fully saturated rings. The van der Waals surface area contributed by atoms with E-state index >= 15 is 0 Å². The van der Waals surface area contributed by atoms with Gasteiger partial charge < -0.3 is 14.8 Å². The van der Waals surface area contributed by atoms with Gasteiger partial charge in [0.25, 0.3) is 11.8 Å². The van der Waals surface area contributed by atoms with Crippen LogP contribution in [0.2, 0.25) is 0 Å². The lowest BCUT2D eigenvalue weighted by Gasteiger charge is -2.29. The van der Waals surface area contributed by atoms with Crippen LogP contribution in [0, 0.1) is 0 Å². The quantitative estimate of drug-likeness (QED) is 0.449. The van der Waals surface area contributed by atoms with Gasteiger partial charge in [-0.15, -0.1) is 0 Å². The second kappa shape index (κ2) is 10.1. The summed E-state index contributed by atoms with van der Waals surface area (Å²) in [5.41, 5.74) is 3.04. The van der Waals surface area contributed by atoms with E-state index in [-0.39, 0.29) is 17.9 Å². The van der Waals surface area contributed by atoms with Gasteiger partial charge in [-0.3, -0.25) is 14.6 Å². The Bertz CT molecular complexity index is 1240. The Hall–Kier alpha value is -3.93. The Labute approximate surface area is 193 Å². The highest BCUT2D eigenvalue weighted by Gasteiger charge is 2.23. The number of carbonyl (C=O) groups is 2. The zero-order valence-corrected chi connectivity index (χ0v) is 18.9. The number of nitrogens with one attached hydrogen (secondary N) is 1. The number of amides is 2. The molecular weight excluding hydrogens is 412 g/mol. The third-order valence-corrected chi connectivity index (χ3v) is 5.98. The van der Waals surface area contributed by atoms with E-state index in [0.29, 0.717) is 36.2 Å². The first kappa shape index (κ1) is 22.3. The van der Waals surface area contributed by atoms with E-state index in [1.165, 1.54) is 0 Å². The Morgan fingerprint density at radius 3 is 2.55 bits per heavy atom. The summed E-state index contributed by atoms with van der Waals surface area (Å²) in [5, 5.41) is 3.93. The minimum absolute atomic E-state index is 0.0750. The summed E-state index contributed by atoms with van der Waals surface area (Å²) >= 11 is 0. The molecule has 1 atom stereocenters. The number of hydrogen-bond acceptors (Lipinski definition) is 3.